The number of aromatic nitrogens is 4. The monoisotopic (exact) mass is 713 g/mol. The highest BCUT2D eigenvalue weighted by Crippen LogP contribution is 2.30. The molecule has 1 saturated heterocycles. The van der Waals surface area contributed by atoms with Crippen LogP contribution in [0.5, 0.6) is 0 Å². The topological polar surface area (TPSA) is 180 Å². The quantitative estimate of drug-likeness (QED) is 0.132. The lowest BCUT2D eigenvalue weighted by molar-refractivity contribution is -0.130. The Kier molecular flexibility index (Phi) is 12.9. The summed E-state index contributed by atoms with van der Waals surface area (Å²) in [6, 6.07) is 18.6. The van der Waals surface area contributed by atoms with E-state index in [9.17, 15) is 14.4 Å². The molecule has 1 saturated carbocycles. The molecule has 2 aliphatic rings. The zero-order valence-corrected chi connectivity index (χ0v) is 30.0. The van der Waals surface area contributed by atoms with E-state index in [4.69, 9.17) is 5.73 Å². The largest absolute Gasteiger partial charge is 0.349 e. The number of nitrogens with two attached hydrogens (primary N) is 1. The van der Waals surface area contributed by atoms with Gasteiger partial charge in [-0.1, -0.05) is 30.3 Å². The second kappa shape index (κ2) is 17.5. The number of tetrazole rings is 1. The summed E-state index contributed by atoms with van der Waals surface area (Å²) in [6.45, 7) is 6.52. The van der Waals surface area contributed by atoms with Gasteiger partial charge in [0.05, 0.1) is 0 Å². The number of amides is 3. The molecule has 2 fully saturated rings. The Morgan fingerprint density at radius 3 is 2.20 bits per heavy atom. The van der Waals surface area contributed by atoms with Crippen LogP contribution < -0.4 is 27.0 Å². The number of halogens is 1. The fourth-order valence-electron chi connectivity index (χ4n) is 7.04. The minimum Gasteiger partial charge on any atom is -0.349 e. The zero-order valence-electron chi connectivity index (χ0n) is 29.2. The van der Waals surface area contributed by atoms with E-state index in [2.05, 4.69) is 41.9 Å². The van der Waals surface area contributed by atoms with E-state index in [-0.39, 0.29) is 42.1 Å². The molecule has 0 unspecified atom stereocenters. The van der Waals surface area contributed by atoms with Crippen LogP contribution in [0.2, 0.25) is 0 Å². The van der Waals surface area contributed by atoms with Crippen LogP contribution in [0.1, 0.15) is 65.6 Å². The van der Waals surface area contributed by atoms with Crippen molar-refractivity contribution in [2.24, 2.45) is 17.6 Å². The van der Waals surface area contributed by atoms with E-state index < -0.39 is 6.04 Å². The second-order valence-electron chi connectivity index (χ2n) is 13.6. The van der Waals surface area contributed by atoms with Gasteiger partial charge in [-0.15, -0.1) is 22.6 Å². The molecule has 1 atom stereocenters. The average molecular weight is 714 g/mol. The predicted molar refractivity (Wildman–Crippen MR) is 200 cm³/mol. The molecule has 13 heteroatoms. The first-order valence-corrected chi connectivity index (χ1v) is 17.6. The lowest BCUT2D eigenvalue weighted by Gasteiger charge is -2.28. The highest BCUT2D eigenvalue weighted by atomic mass is 35.5. The Morgan fingerprint density at radius 2 is 1.55 bits per heavy atom. The number of anilines is 1. The van der Waals surface area contributed by atoms with Crippen molar-refractivity contribution in [1.82, 2.24) is 36.6 Å². The van der Waals surface area contributed by atoms with E-state index in [1.54, 1.807) is 24.3 Å². The number of piperidine rings is 1. The third-order valence-corrected chi connectivity index (χ3v) is 10.4. The maximum absolute atomic E-state index is 13.7. The Hall–Kier alpha value is -4.65. The van der Waals surface area contributed by atoms with Crippen LogP contribution in [-0.2, 0) is 16.0 Å². The van der Waals surface area contributed by atoms with E-state index in [0.29, 0.717) is 36.0 Å². The predicted octanol–water partition coefficient (Wildman–Crippen LogP) is 4.49. The molecule has 1 aliphatic heterocycles. The summed E-state index contributed by atoms with van der Waals surface area (Å²) in [5.41, 5.74) is 12.9. The first kappa shape index (κ1) is 37.6. The van der Waals surface area contributed by atoms with Gasteiger partial charge in [0.1, 0.15) is 6.04 Å². The van der Waals surface area contributed by atoms with Crippen molar-refractivity contribution in [2.75, 3.05) is 25.0 Å². The number of H-pyrrole nitrogens is 1. The summed E-state index contributed by atoms with van der Waals surface area (Å²) in [6.07, 6.45) is 5.57. The molecule has 6 rings (SSSR count). The van der Waals surface area contributed by atoms with E-state index >= 15 is 0 Å². The Balaban J connectivity index is 0.00000504. The normalized spacial score (nSPS) is 18.3. The van der Waals surface area contributed by atoms with Gasteiger partial charge in [-0.2, -0.15) is 5.21 Å². The summed E-state index contributed by atoms with van der Waals surface area (Å²) in [4.78, 5) is 40.3. The van der Waals surface area contributed by atoms with E-state index in [1.807, 2.05) is 50.2 Å². The van der Waals surface area contributed by atoms with Gasteiger partial charge in [0, 0.05) is 35.2 Å². The van der Waals surface area contributed by atoms with Gasteiger partial charge in [0.25, 0.3) is 5.91 Å². The van der Waals surface area contributed by atoms with Crippen LogP contribution in [-0.4, -0.2) is 70.1 Å². The molecule has 3 aromatic carbocycles. The summed E-state index contributed by atoms with van der Waals surface area (Å²) >= 11 is 0. The Morgan fingerprint density at radius 1 is 0.863 bits per heavy atom. The van der Waals surface area contributed by atoms with Gasteiger partial charge in [0.2, 0.25) is 17.6 Å². The standard InChI is InChI=1S/C38H47N9O3.ClH/c1-23-24(2)33(37(49)41-31-17-19-40-20-18-31)16-15-32(23)27-7-3-25(4-8-27)21-34(43-36(48)29-9-5-26(22-39)6-10-29)38(50)42-30-13-11-28(12-14-30)35-44-46-47-45-35;/h3-4,7-8,11-16,26,29,31,34,40H,5-6,9-10,17-22,39H2,1-2H3,(H,41,49)(H,42,50)(H,43,48)(H,44,45,46,47);1H/t26?,29?,34-;/m0./s1. The van der Waals surface area contributed by atoms with Crippen molar-refractivity contribution in [1.29, 1.82) is 0 Å². The molecule has 1 aromatic heterocycles. The van der Waals surface area contributed by atoms with Crippen molar-refractivity contribution in [2.45, 2.75) is 70.9 Å². The van der Waals surface area contributed by atoms with Crippen LogP contribution in [0, 0.1) is 25.7 Å². The van der Waals surface area contributed by atoms with Gasteiger partial charge >= 0.3 is 0 Å². The molecule has 270 valence electrons. The highest BCUT2D eigenvalue weighted by molar-refractivity contribution is 5.98. The molecule has 51 heavy (non-hydrogen) atoms. The second-order valence-corrected chi connectivity index (χ2v) is 13.6. The summed E-state index contributed by atoms with van der Waals surface area (Å²) in [7, 11) is 0. The van der Waals surface area contributed by atoms with Crippen LogP contribution in [0.25, 0.3) is 22.5 Å². The number of nitrogens with zero attached hydrogens (tertiary/aromatic N) is 3. The third-order valence-electron chi connectivity index (χ3n) is 10.4. The third kappa shape index (κ3) is 9.37. The van der Waals surface area contributed by atoms with Crippen LogP contribution >= 0.6 is 12.4 Å². The Labute approximate surface area is 304 Å². The van der Waals surface area contributed by atoms with E-state index in [0.717, 1.165) is 85.0 Å². The molecule has 4 aromatic rings. The molecule has 7 N–H and O–H groups in total. The number of hydrogen-bond acceptors (Lipinski definition) is 8. The van der Waals surface area contributed by atoms with Crippen molar-refractivity contribution in [3.05, 3.63) is 82.9 Å². The summed E-state index contributed by atoms with van der Waals surface area (Å²) in [5.74, 6) is 0.351. The van der Waals surface area contributed by atoms with Crippen LogP contribution in [0.3, 0.4) is 0 Å². The fourth-order valence-corrected chi connectivity index (χ4v) is 7.04. The minimum absolute atomic E-state index is 0. The molecule has 2 heterocycles. The van der Waals surface area contributed by atoms with Crippen molar-refractivity contribution >= 4 is 35.8 Å². The number of aromatic amines is 1. The number of nitrogens with one attached hydrogen (secondary N) is 5. The highest BCUT2D eigenvalue weighted by Gasteiger charge is 2.29. The molecule has 0 spiro atoms. The molecule has 12 nitrogen and oxygen atoms in total. The van der Waals surface area contributed by atoms with Crippen LogP contribution in [0.15, 0.2) is 60.7 Å². The number of hydrogen-bond donors (Lipinski definition) is 6. The van der Waals surface area contributed by atoms with Gasteiger partial charge in [0.15, 0.2) is 0 Å². The smallest absolute Gasteiger partial charge is 0.251 e. The number of rotatable bonds is 11. The lowest BCUT2D eigenvalue weighted by atomic mass is 9.81. The van der Waals surface area contributed by atoms with E-state index in [1.165, 1.54) is 0 Å². The summed E-state index contributed by atoms with van der Waals surface area (Å²) < 4.78 is 0. The first-order valence-electron chi connectivity index (χ1n) is 17.6. The van der Waals surface area contributed by atoms with Gasteiger partial charge in [-0.05, 0) is 141 Å². The first-order chi connectivity index (χ1) is 24.3. The SMILES string of the molecule is Cc1c(C(=O)NC2CCNCC2)ccc(-c2ccc(C[C@H](NC(=O)C3CCC(CN)CC3)C(=O)Nc3ccc(-c4nn[nH]n4)cc3)cc2)c1C.Cl. The van der Waals surface area contributed by atoms with Gasteiger partial charge in [-0.3, -0.25) is 14.4 Å². The van der Waals surface area contributed by atoms with Crippen molar-refractivity contribution in [3.63, 3.8) is 0 Å². The maximum Gasteiger partial charge on any atom is 0.251 e. The van der Waals surface area contributed by atoms with Gasteiger partial charge < -0.3 is 27.0 Å². The molecular formula is C38H48ClN9O3. The fraction of sp³-hybridized carbons (Fsp3) is 0.421. The molecule has 0 bridgehead atoms. The number of benzene rings is 3. The average Bonchev–Trinajstić information content (AvgIpc) is 3.69. The zero-order chi connectivity index (χ0) is 35.0. The van der Waals surface area contributed by atoms with Crippen LogP contribution in [0.4, 0.5) is 5.69 Å². The Bertz CT molecular complexity index is 1770. The van der Waals surface area contributed by atoms with Gasteiger partial charge in [-0.25, -0.2) is 0 Å². The molecule has 0 radical (unpaired) electrons. The van der Waals surface area contributed by atoms with Crippen molar-refractivity contribution < 1.29 is 14.4 Å². The number of carbonyl (C=O) groups is 3. The minimum atomic E-state index is -0.779. The number of carbonyl (C=O) groups excluding carboxylic acids is 3. The molecular weight excluding hydrogens is 666 g/mol. The maximum atomic E-state index is 13.7. The molecule has 3 amide bonds. The summed E-state index contributed by atoms with van der Waals surface area (Å²) in [5, 5.41) is 26.6. The molecule has 1 aliphatic carbocycles. The van der Waals surface area contributed by atoms with Crippen molar-refractivity contribution in [3.8, 4) is 22.5 Å². The lowest BCUT2D eigenvalue weighted by Crippen LogP contribution is -2.48.